The van der Waals surface area contributed by atoms with Gasteiger partial charge in [0.05, 0.1) is 0 Å². The van der Waals surface area contributed by atoms with Crippen molar-refractivity contribution in [2.75, 3.05) is 6.54 Å². The maximum absolute atomic E-state index is 13.6. The van der Waals surface area contributed by atoms with E-state index < -0.39 is 34.6 Å². The van der Waals surface area contributed by atoms with Crippen molar-refractivity contribution < 1.29 is 22.0 Å². The first-order chi connectivity index (χ1) is 15.0. The largest absolute Gasteiger partial charge is 0.330 e. The number of unbranched alkanes of at least 4 members (excludes halogenated alkanes) is 16. The number of halogens is 5. The molecule has 180 valence electrons. The zero-order chi connectivity index (χ0) is 22.9. The normalized spacial score (nSPS) is 11.4. The average molecular weight is 450 g/mol. The summed E-state index contributed by atoms with van der Waals surface area (Å²) in [6.45, 7) is 0.810. The summed E-state index contributed by atoms with van der Waals surface area (Å²) in [6, 6.07) is 0. The lowest BCUT2D eigenvalue weighted by atomic mass is 10.0. The second-order valence-electron chi connectivity index (χ2n) is 8.60. The smallest absolute Gasteiger partial charge is 0.200 e. The topological polar surface area (TPSA) is 26.0 Å². The summed E-state index contributed by atoms with van der Waals surface area (Å²) in [5.41, 5.74) is 4.79. The van der Waals surface area contributed by atoms with Crippen molar-refractivity contribution >= 4 is 0 Å². The minimum atomic E-state index is -2.09. The molecule has 1 aromatic carbocycles. The molecule has 0 amide bonds. The van der Waals surface area contributed by atoms with E-state index in [2.05, 4.69) is 0 Å². The van der Waals surface area contributed by atoms with Gasteiger partial charge in [0.2, 0.25) is 5.82 Å². The van der Waals surface area contributed by atoms with E-state index in [9.17, 15) is 22.0 Å². The fourth-order valence-corrected chi connectivity index (χ4v) is 3.97. The molecule has 0 aliphatic carbocycles. The molecule has 0 radical (unpaired) electrons. The summed E-state index contributed by atoms with van der Waals surface area (Å²) < 4.78 is 66.6. The van der Waals surface area contributed by atoms with E-state index in [1.54, 1.807) is 0 Å². The Morgan fingerprint density at radius 2 is 0.613 bits per heavy atom. The molecule has 0 spiro atoms. The summed E-state index contributed by atoms with van der Waals surface area (Å²) in [4.78, 5) is 0. The van der Waals surface area contributed by atoms with E-state index in [1.807, 2.05) is 0 Å². The number of hydrogen-bond acceptors (Lipinski definition) is 1. The van der Waals surface area contributed by atoms with E-state index in [1.165, 1.54) is 70.6 Å². The Bertz CT molecular complexity index is 577. The van der Waals surface area contributed by atoms with Crippen molar-refractivity contribution in [2.24, 2.45) is 5.73 Å². The monoisotopic (exact) mass is 449 g/mol. The molecule has 1 rings (SSSR count). The first-order valence-corrected chi connectivity index (χ1v) is 12.2. The van der Waals surface area contributed by atoms with Crippen LogP contribution in [0.3, 0.4) is 0 Å². The van der Waals surface area contributed by atoms with Crippen LogP contribution in [0.2, 0.25) is 0 Å². The summed E-state index contributed by atoms with van der Waals surface area (Å²) in [7, 11) is 0. The lowest BCUT2D eigenvalue weighted by Crippen LogP contribution is -2.07. The Morgan fingerprint density at radius 3 is 0.935 bits per heavy atom. The molecule has 0 aromatic heterocycles. The molecule has 0 heterocycles. The van der Waals surface area contributed by atoms with Crippen molar-refractivity contribution in [1.29, 1.82) is 0 Å². The van der Waals surface area contributed by atoms with Crippen LogP contribution in [0.4, 0.5) is 22.0 Å². The van der Waals surface area contributed by atoms with Gasteiger partial charge < -0.3 is 5.73 Å². The molecule has 0 bridgehead atoms. The molecule has 0 atom stereocenters. The van der Waals surface area contributed by atoms with Gasteiger partial charge in [-0.15, -0.1) is 0 Å². The van der Waals surface area contributed by atoms with E-state index in [0.29, 0.717) is 6.42 Å². The lowest BCUT2D eigenvalue weighted by Gasteiger charge is -2.08. The van der Waals surface area contributed by atoms with Gasteiger partial charge in [0.15, 0.2) is 23.3 Å². The van der Waals surface area contributed by atoms with Gasteiger partial charge in [-0.25, -0.2) is 22.0 Å². The third-order valence-corrected chi connectivity index (χ3v) is 5.93. The van der Waals surface area contributed by atoms with Crippen molar-refractivity contribution in [3.63, 3.8) is 0 Å². The molecule has 31 heavy (non-hydrogen) atoms. The van der Waals surface area contributed by atoms with Gasteiger partial charge in [-0.3, -0.25) is 0 Å². The van der Waals surface area contributed by atoms with Crippen LogP contribution >= 0.6 is 0 Å². The molecule has 0 fully saturated rings. The molecule has 0 saturated carbocycles. The van der Waals surface area contributed by atoms with E-state index in [0.717, 1.165) is 38.6 Å². The van der Waals surface area contributed by atoms with Gasteiger partial charge in [0.1, 0.15) is 0 Å². The third-order valence-electron chi connectivity index (χ3n) is 5.93. The Morgan fingerprint density at radius 1 is 0.355 bits per heavy atom. The van der Waals surface area contributed by atoms with Gasteiger partial charge in [-0.05, 0) is 25.8 Å². The fraction of sp³-hybridized carbons (Fsp3) is 0.760. The molecular weight excluding hydrogens is 409 g/mol. The van der Waals surface area contributed by atoms with Crippen LogP contribution in [0.15, 0.2) is 0 Å². The first-order valence-electron chi connectivity index (χ1n) is 12.2. The molecule has 2 N–H and O–H groups in total. The van der Waals surface area contributed by atoms with Crippen LogP contribution in [-0.4, -0.2) is 6.54 Å². The predicted molar refractivity (Wildman–Crippen MR) is 117 cm³/mol. The maximum Gasteiger partial charge on any atom is 0.200 e. The highest BCUT2D eigenvalue weighted by atomic mass is 19.2. The molecule has 0 aliphatic heterocycles. The van der Waals surface area contributed by atoms with Crippen LogP contribution in [0.1, 0.15) is 115 Å². The molecule has 1 aromatic rings. The average Bonchev–Trinajstić information content (AvgIpc) is 2.77. The summed E-state index contributed by atoms with van der Waals surface area (Å²) in [5, 5.41) is 0. The van der Waals surface area contributed by atoms with Crippen LogP contribution < -0.4 is 5.73 Å². The van der Waals surface area contributed by atoms with Gasteiger partial charge >= 0.3 is 0 Å². The molecule has 0 unspecified atom stereocenters. The molecule has 0 saturated heterocycles. The Labute approximate surface area is 185 Å². The predicted octanol–water partition coefficient (Wildman–Crippen LogP) is 8.52. The Balaban J connectivity index is 1.93. The zero-order valence-corrected chi connectivity index (χ0v) is 18.9. The molecule has 1 nitrogen and oxygen atoms in total. The molecule has 0 aliphatic rings. The second kappa shape index (κ2) is 17.4. The van der Waals surface area contributed by atoms with E-state index in [-0.39, 0.29) is 6.42 Å². The number of nitrogens with two attached hydrogens (primary N) is 1. The fourth-order valence-electron chi connectivity index (χ4n) is 3.97. The summed E-state index contributed by atoms with van der Waals surface area (Å²) >= 11 is 0. The van der Waals surface area contributed by atoms with Crippen molar-refractivity contribution in [2.45, 2.75) is 116 Å². The van der Waals surface area contributed by atoms with Crippen LogP contribution in [0, 0.1) is 29.1 Å². The van der Waals surface area contributed by atoms with Crippen molar-refractivity contribution in [3.8, 4) is 0 Å². The maximum atomic E-state index is 13.6. The lowest BCUT2D eigenvalue weighted by molar-refractivity contribution is 0.368. The SMILES string of the molecule is NCCCCCCCCCCCCCCCCCCCc1c(F)c(F)c(F)c(F)c1F. The molecule has 6 heteroatoms. The van der Waals surface area contributed by atoms with Gasteiger partial charge in [0.25, 0.3) is 0 Å². The van der Waals surface area contributed by atoms with E-state index in [4.69, 9.17) is 5.73 Å². The van der Waals surface area contributed by atoms with Gasteiger partial charge in [0, 0.05) is 5.56 Å². The van der Waals surface area contributed by atoms with Crippen molar-refractivity contribution in [1.82, 2.24) is 0 Å². The summed E-state index contributed by atoms with van der Waals surface area (Å²) in [5.74, 6) is -9.19. The molecular formula is C25H40F5N. The van der Waals surface area contributed by atoms with Gasteiger partial charge in [-0.1, -0.05) is 96.3 Å². The van der Waals surface area contributed by atoms with Crippen molar-refractivity contribution in [3.05, 3.63) is 34.6 Å². The number of benzene rings is 1. The Hall–Kier alpha value is -1.17. The quantitative estimate of drug-likeness (QED) is 0.0974. The second-order valence-corrected chi connectivity index (χ2v) is 8.60. The van der Waals surface area contributed by atoms with Crippen LogP contribution in [-0.2, 0) is 6.42 Å². The Kier molecular flexibility index (Phi) is 15.6. The standard InChI is InChI=1S/C25H40F5N/c26-21-20(22(27)24(29)25(30)23(21)28)18-16-14-12-10-8-6-4-2-1-3-5-7-9-11-13-15-17-19-31/h1-19,31H2. The highest BCUT2D eigenvalue weighted by Gasteiger charge is 2.24. The number of hydrogen-bond donors (Lipinski definition) is 1. The highest BCUT2D eigenvalue weighted by molar-refractivity contribution is 5.24. The van der Waals surface area contributed by atoms with Crippen LogP contribution in [0.25, 0.3) is 0 Å². The van der Waals surface area contributed by atoms with Crippen LogP contribution in [0.5, 0.6) is 0 Å². The summed E-state index contributed by atoms with van der Waals surface area (Å²) in [6.07, 6.45) is 19.5. The number of rotatable bonds is 19. The first kappa shape index (κ1) is 27.9. The highest BCUT2D eigenvalue weighted by Crippen LogP contribution is 2.24. The minimum absolute atomic E-state index is 0.126. The zero-order valence-electron chi connectivity index (χ0n) is 18.9. The van der Waals surface area contributed by atoms with E-state index >= 15 is 0 Å². The minimum Gasteiger partial charge on any atom is -0.330 e. The third kappa shape index (κ3) is 11.3. The van der Waals surface area contributed by atoms with Gasteiger partial charge in [-0.2, -0.15) is 0 Å².